The maximum absolute atomic E-state index is 11.6. The minimum atomic E-state index is -0.271. The zero-order valence-corrected chi connectivity index (χ0v) is 11.4. The summed E-state index contributed by atoms with van der Waals surface area (Å²) in [6.07, 6.45) is 1.46. The van der Waals surface area contributed by atoms with E-state index < -0.39 is 0 Å². The molecule has 2 heterocycles. The first kappa shape index (κ1) is 13.4. The predicted octanol–water partition coefficient (Wildman–Crippen LogP) is 1.10. The average molecular weight is 254 g/mol. The van der Waals surface area contributed by atoms with E-state index in [0.29, 0.717) is 6.61 Å². The monoisotopic (exact) mass is 254 g/mol. The van der Waals surface area contributed by atoms with Crippen LogP contribution in [0.4, 0.5) is 4.79 Å². The lowest BCUT2D eigenvalue weighted by molar-refractivity contribution is 0.0619. The molecule has 0 bridgehead atoms. The molecule has 0 aromatic rings. The third-order valence-corrected chi connectivity index (χ3v) is 3.74. The Hall–Kier alpha value is -1.07. The number of methoxy groups -OCH3 is 1. The van der Waals surface area contributed by atoms with Gasteiger partial charge < -0.3 is 14.4 Å². The minimum Gasteiger partial charge on any atom is -0.445 e. The number of carbonyl (C=O) groups is 1. The van der Waals surface area contributed by atoms with Crippen molar-refractivity contribution in [1.29, 1.82) is 0 Å². The maximum atomic E-state index is 11.6. The van der Waals surface area contributed by atoms with Gasteiger partial charge in [-0.15, -0.1) is 0 Å². The minimum absolute atomic E-state index is 0.0108. The molecule has 0 saturated carbocycles. The lowest BCUT2D eigenvalue weighted by Crippen LogP contribution is -2.42. The summed E-state index contributed by atoms with van der Waals surface area (Å²) in [6, 6.07) is 0. The van der Waals surface area contributed by atoms with Gasteiger partial charge in [0.15, 0.2) is 0 Å². The lowest BCUT2D eigenvalue weighted by atomic mass is 9.93. The summed E-state index contributed by atoms with van der Waals surface area (Å²) in [6.45, 7) is 6.40. The van der Waals surface area contributed by atoms with E-state index in [4.69, 9.17) is 9.47 Å². The molecule has 102 valence electrons. The van der Waals surface area contributed by atoms with Crippen molar-refractivity contribution in [2.75, 3.05) is 40.9 Å². The second kappa shape index (κ2) is 4.90. The quantitative estimate of drug-likeness (QED) is 0.707. The summed E-state index contributed by atoms with van der Waals surface area (Å²) in [5.74, 6) is 0. The first-order valence-electron chi connectivity index (χ1n) is 6.25. The average Bonchev–Trinajstić information content (AvgIpc) is 2.69. The number of hydrogen-bond acceptors (Lipinski definition) is 4. The van der Waals surface area contributed by atoms with Crippen LogP contribution in [0.15, 0.2) is 12.2 Å². The van der Waals surface area contributed by atoms with Crippen LogP contribution in [0.2, 0.25) is 0 Å². The van der Waals surface area contributed by atoms with Crippen LogP contribution in [-0.2, 0) is 9.47 Å². The van der Waals surface area contributed by atoms with Crippen LogP contribution in [0.5, 0.6) is 0 Å². The number of fused-ring (bicyclic) bond motifs is 1. The number of hydrogen-bond donors (Lipinski definition) is 0. The maximum Gasteiger partial charge on any atom is 0.409 e. The topological polar surface area (TPSA) is 42.0 Å². The molecule has 0 aromatic heterocycles. The van der Waals surface area contributed by atoms with E-state index in [2.05, 4.69) is 11.5 Å². The molecule has 0 N–H and O–H groups in total. The zero-order valence-electron chi connectivity index (χ0n) is 11.4. The molecule has 2 atom stereocenters. The number of ether oxygens (including phenoxy) is 2. The third-order valence-electron chi connectivity index (χ3n) is 3.74. The number of rotatable bonds is 3. The summed E-state index contributed by atoms with van der Waals surface area (Å²) in [7, 11) is 5.11. The Balaban J connectivity index is 2.01. The van der Waals surface area contributed by atoms with E-state index in [-0.39, 0.29) is 17.7 Å². The highest BCUT2D eigenvalue weighted by molar-refractivity contribution is 5.67. The van der Waals surface area contributed by atoms with Gasteiger partial charge in [0.2, 0.25) is 0 Å². The molecular formula is C13H22N2O3. The summed E-state index contributed by atoms with van der Waals surface area (Å²) in [5.41, 5.74) is 1.23. The van der Waals surface area contributed by atoms with Crippen LogP contribution < -0.4 is 0 Å². The molecule has 0 radical (unpaired) electrons. The van der Waals surface area contributed by atoms with Gasteiger partial charge in [-0.05, 0) is 6.42 Å². The Kier molecular flexibility index (Phi) is 3.64. The molecule has 0 aromatic carbocycles. The van der Waals surface area contributed by atoms with Gasteiger partial charge in [0.1, 0.15) is 6.10 Å². The molecule has 2 fully saturated rings. The largest absolute Gasteiger partial charge is 0.445 e. The van der Waals surface area contributed by atoms with Gasteiger partial charge in [0.25, 0.3) is 0 Å². The van der Waals surface area contributed by atoms with Gasteiger partial charge in [-0.1, -0.05) is 12.2 Å². The fraction of sp³-hybridized carbons (Fsp3) is 0.769. The Morgan fingerprint density at radius 1 is 1.61 bits per heavy atom. The molecule has 5 nitrogen and oxygen atoms in total. The number of nitrogens with zero attached hydrogens (tertiary/aromatic N) is 2. The normalized spacial score (nSPS) is 31.5. The molecule has 5 heteroatoms. The Morgan fingerprint density at radius 3 is 2.94 bits per heavy atom. The van der Waals surface area contributed by atoms with E-state index >= 15 is 0 Å². The van der Waals surface area contributed by atoms with E-state index in [1.54, 1.807) is 21.2 Å². The van der Waals surface area contributed by atoms with Crippen LogP contribution in [0.1, 0.15) is 12.8 Å². The van der Waals surface area contributed by atoms with Crippen LogP contribution in [0, 0.1) is 0 Å². The number of carbonyl (C=O) groups excluding carboxylic acids is 1. The van der Waals surface area contributed by atoms with E-state index in [1.807, 2.05) is 0 Å². The Morgan fingerprint density at radius 2 is 2.33 bits per heavy atom. The van der Waals surface area contributed by atoms with Crippen molar-refractivity contribution in [3.05, 3.63) is 12.2 Å². The van der Waals surface area contributed by atoms with Crippen molar-refractivity contribution < 1.29 is 14.3 Å². The molecule has 2 saturated heterocycles. The molecule has 2 rings (SSSR count). The first-order chi connectivity index (χ1) is 8.47. The van der Waals surface area contributed by atoms with Gasteiger partial charge in [-0.3, -0.25) is 4.90 Å². The zero-order chi connectivity index (χ0) is 13.3. The molecule has 0 unspecified atom stereocenters. The molecule has 1 amide bonds. The van der Waals surface area contributed by atoms with Crippen molar-refractivity contribution in [1.82, 2.24) is 9.80 Å². The van der Waals surface area contributed by atoms with Gasteiger partial charge >= 0.3 is 6.09 Å². The van der Waals surface area contributed by atoms with Crippen molar-refractivity contribution in [3.8, 4) is 0 Å². The molecule has 2 aliphatic heterocycles. The van der Waals surface area contributed by atoms with E-state index in [0.717, 1.165) is 25.9 Å². The highest BCUT2D eigenvalue weighted by Crippen LogP contribution is 2.41. The summed E-state index contributed by atoms with van der Waals surface area (Å²) < 4.78 is 10.8. The number of amides is 1. The van der Waals surface area contributed by atoms with Crippen molar-refractivity contribution in [2.24, 2.45) is 0 Å². The molecule has 18 heavy (non-hydrogen) atoms. The van der Waals surface area contributed by atoms with Gasteiger partial charge in [-0.2, -0.15) is 0 Å². The second-order valence-electron chi connectivity index (χ2n) is 5.57. The van der Waals surface area contributed by atoms with Crippen LogP contribution in [0.3, 0.4) is 0 Å². The first-order valence-corrected chi connectivity index (χ1v) is 6.25. The molecular weight excluding hydrogens is 232 g/mol. The fourth-order valence-electron chi connectivity index (χ4n) is 3.06. The molecule has 0 spiro atoms. The summed E-state index contributed by atoms with van der Waals surface area (Å²) in [5, 5.41) is 0. The van der Waals surface area contributed by atoms with E-state index in [1.165, 1.54) is 10.5 Å². The van der Waals surface area contributed by atoms with Crippen LogP contribution in [-0.4, -0.2) is 68.4 Å². The lowest BCUT2D eigenvalue weighted by Gasteiger charge is -2.29. The van der Waals surface area contributed by atoms with Crippen molar-refractivity contribution in [3.63, 3.8) is 0 Å². The van der Waals surface area contributed by atoms with E-state index in [9.17, 15) is 4.79 Å². The Bertz CT molecular complexity index is 356. The smallest absolute Gasteiger partial charge is 0.409 e. The second-order valence-corrected chi connectivity index (χ2v) is 5.57. The third kappa shape index (κ3) is 2.37. The Labute approximate surface area is 108 Å². The van der Waals surface area contributed by atoms with Crippen LogP contribution >= 0.6 is 0 Å². The summed E-state index contributed by atoms with van der Waals surface area (Å²) in [4.78, 5) is 15.4. The van der Waals surface area contributed by atoms with Crippen molar-refractivity contribution >= 4 is 6.09 Å². The molecule has 2 aliphatic rings. The van der Waals surface area contributed by atoms with Gasteiger partial charge in [0, 0.05) is 40.7 Å². The summed E-state index contributed by atoms with van der Waals surface area (Å²) >= 11 is 0. The fourth-order valence-corrected chi connectivity index (χ4v) is 3.06. The molecule has 0 aliphatic carbocycles. The highest BCUT2D eigenvalue weighted by Gasteiger charge is 2.50. The van der Waals surface area contributed by atoms with Gasteiger partial charge in [0.05, 0.1) is 12.1 Å². The highest BCUT2D eigenvalue weighted by atomic mass is 16.6. The van der Waals surface area contributed by atoms with Crippen molar-refractivity contribution in [2.45, 2.75) is 24.5 Å². The SMILES string of the molecule is C=C1CN2C[C@@H](OC(=O)N(C)C)C[C@@]2(COC)C1. The predicted molar refractivity (Wildman–Crippen MR) is 68.5 cm³/mol. The standard InChI is InChI=1S/C13H22N2O3/c1-10-5-13(9-17-4)6-11(8-15(13)7-10)18-12(16)14(2)3/h11H,1,5-9H2,2-4H3/t11-,13+/m0/s1. The van der Waals surface area contributed by atoms with Gasteiger partial charge in [-0.25, -0.2) is 4.79 Å². The van der Waals surface area contributed by atoms with Crippen LogP contribution in [0.25, 0.3) is 0 Å².